The summed E-state index contributed by atoms with van der Waals surface area (Å²) in [6, 6.07) is 3.36. The van der Waals surface area contributed by atoms with E-state index in [0.717, 1.165) is 18.2 Å². The SMILES string of the molecule is O=C(O)c1ccc(C(=O)O)c(SOOO)c1. The van der Waals surface area contributed by atoms with Crippen LogP contribution in [-0.4, -0.2) is 27.4 Å². The number of hydrogen-bond acceptors (Lipinski definition) is 6. The Bertz CT molecular complexity index is 417. The maximum atomic E-state index is 10.7. The predicted molar refractivity (Wildman–Crippen MR) is 51.0 cm³/mol. The number of hydrogen-bond donors (Lipinski definition) is 3. The van der Waals surface area contributed by atoms with Crippen molar-refractivity contribution < 1.29 is 34.4 Å². The van der Waals surface area contributed by atoms with Crippen LogP contribution in [0.4, 0.5) is 0 Å². The number of aromatic carboxylic acids is 2. The molecule has 0 heterocycles. The molecule has 1 aromatic carbocycles. The lowest BCUT2D eigenvalue weighted by Gasteiger charge is -2.04. The third-order valence-electron chi connectivity index (χ3n) is 1.61. The summed E-state index contributed by atoms with van der Waals surface area (Å²) in [5.41, 5.74) is -0.263. The third kappa shape index (κ3) is 2.94. The van der Waals surface area contributed by atoms with Gasteiger partial charge in [-0.25, -0.2) is 14.8 Å². The van der Waals surface area contributed by atoms with Crippen LogP contribution < -0.4 is 0 Å². The first kappa shape index (κ1) is 12.5. The van der Waals surface area contributed by atoms with Gasteiger partial charge in [-0.2, -0.15) is 0 Å². The monoisotopic (exact) mass is 246 g/mol. The van der Waals surface area contributed by atoms with Gasteiger partial charge in [-0.1, -0.05) is 5.04 Å². The molecule has 0 aliphatic rings. The number of carbonyl (C=O) groups is 2. The molecule has 16 heavy (non-hydrogen) atoms. The highest BCUT2D eigenvalue weighted by molar-refractivity contribution is 7.94. The average Bonchev–Trinajstić information content (AvgIpc) is 2.25. The van der Waals surface area contributed by atoms with Gasteiger partial charge in [0.1, 0.15) is 0 Å². The van der Waals surface area contributed by atoms with Crippen LogP contribution in [0.2, 0.25) is 0 Å². The standard InChI is InChI=1S/C8H6O7S/c9-7(10)4-1-2-5(8(11)12)6(3-4)16-15-14-13/h1-3,13H,(H,9,10)(H,11,12). The molecule has 0 atom stereocenters. The van der Waals surface area contributed by atoms with Crippen molar-refractivity contribution in [3.63, 3.8) is 0 Å². The highest BCUT2D eigenvalue weighted by atomic mass is 32.2. The second-order valence-corrected chi connectivity index (χ2v) is 3.29. The largest absolute Gasteiger partial charge is 0.478 e. The molecule has 1 rings (SSSR count). The zero-order chi connectivity index (χ0) is 12.1. The molecule has 0 radical (unpaired) electrons. The minimum absolute atomic E-state index is 0.00134. The van der Waals surface area contributed by atoms with E-state index in [9.17, 15) is 9.59 Å². The minimum Gasteiger partial charge on any atom is -0.478 e. The Morgan fingerprint density at radius 1 is 1.19 bits per heavy atom. The van der Waals surface area contributed by atoms with Crippen LogP contribution >= 0.6 is 12.0 Å². The molecule has 0 saturated carbocycles. The summed E-state index contributed by atoms with van der Waals surface area (Å²) >= 11 is 0.391. The fraction of sp³-hybridized carbons (Fsp3) is 0. The van der Waals surface area contributed by atoms with E-state index in [2.05, 4.69) is 9.37 Å². The Kier molecular flexibility index (Phi) is 4.26. The molecule has 3 N–H and O–H groups in total. The molecule has 1 aromatic rings. The van der Waals surface area contributed by atoms with E-state index in [1.165, 1.54) is 0 Å². The van der Waals surface area contributed by atoms with E-state index in [-0.39, 0.29) is 16.0 Å². The molecule has 0 saturated heterocycles. The summed E-state index contributed by atoms with van der Waals surface area (Å²) in [6.45, 7) is 0. The maximum Gasteiger partial charge on any atom is 0.336 e. The van der Waals surface area contributed by atoms with Crippen LogP contribution in [0.15, 0.2) is 23.1 Å². The molecule has 0 amide bonds. The van der Waals surface area contributed by atoms with Crippen LogP contribution in [0.1, 0.15) is 20.7 Å². The zero-order valence-corrected chi connectivity index (χ0v) is 8.43. The van der Waals surface area contributed by atoms with Gasteiger partial charge in [0.2, 0.25) is 0 Å². The fourth-order valence-corrected chi connectivity index (χ4v) is 1.48. The maximum absolute atomic E-state index is 10.7. The molecule has 0 aliphatic carbocycles. The lowest BCUT2D eigenvalue weighted by atomic mass is 10.1. The number of carboxylic acid groups (broad SMARTS) is 2. The van der Waals surface area contributed by atoms with Gasteiger partial charge in [0.05, 0.1) is 28.1 Å². The average molecular weight is 246 g/mol. The highest BCUT2D eigenvalue weighted by Gasteiger charge is 2.14. The van der Waals surface area contributed by atoms with Gasteiger partial charge in [-0.05, 0) is 18.2 Å². The van der Waals surface area contributed by atoms with Gasteiger partial charge in [0, 0.05) is 0 Å². The van der Waals surface area contributed by atoms with Crippen molar-refractivity contribution in [2.75, 3.05) is 0 Å². The minimum atomic E-state index is -1.25. The van der Waals surface area contributed by atoms with Gasteiger partial charge in [-0.15, -0.1) is 4.33 Å². The molecule has 0 aromatic heterocycles. The molecule has 0 aliphatic heterocycles. The molecule has 86 valence electrons. The highest BCUT2D eigenvalue weighted by Crippen LogP contribution is 2.25. The van der Waals surface area contributed by atoms with E-state index in [1.54, 1.807) is 0 Å². The molecular formula is C8H6O7S. The second kappa shape index (κ2) is 5.47. The van der Waals surface area contributed by atoms with Crippen molar-refractivity contribution in [1.29, 1.82) is 0 Å². The number of rotatable bonds is 5. The fourth-order valence-electron chi connectivity index (χ4n) is 0.953. The Hall–Kier alpha value is -1.61. The van der Waals surface area contributed by atoms with Crippen molar-refractivity contribution in [2.24, 2.45) is 0 Å². The zero-order valence-electron chi connectivity index (χ0n) is 7.61. The molecule has 0 spiro atoms. The summed E-state index contributed by atoms with van der Waals surface area (Å²) in [6.07, 6.45) is 0. The first-order chi connectivity index (χ1) is 7.56. The molecule has 8 heteroatoms. The second-order valence-electron chi connectivity index (χ2n) is 2.55. The van der Waals surface area contributed by atoms with Gasteiger partial charge in [0.25, 0.3) is 0 Å². The van der Waals surface area contributed by atoms with Crippen molar-refractivity contribution in [1.82, 2.24) is 0 Å². The van der Waals surface area contributed by atoms with E-state index >= 15 is 0 Å². The van der Waals surface area contributed by atoms with Crippen molar-refractivity contribution >= 4 is 24.0 Å². The van der Waals surface area contributed by atoms with Gasteiger partial charge in [-0.3, -0.25) is 0 Å². The van der Waals surface area contributed by atoms with Gasteiger partial charge < -0.3 is 10.2 Å². The molecule has 0 fully saturated rings. The van der Waals surface area contributed by atoms with Gasteiger partial charge >= 0.3 is 11.9 Å². The summed E-state index contributed by atoms with van der Waals surface area (Å²) in [7, 11) is 0. The van der Waals surface area contributed by atoms with Crippen molar-refractivity contribution in [2.45, 2.75) is 4.90 Å². The lowest BCUT2D eigenvalue weighted by Crippen LogP contribution is -2.03. The smallest absolute Gasteiger partial charge is 0.336 e. The van der Waals surface area contributed by atoms with Crippen LogP contribution in [0, 0.1) is 0 Å². The van der Waals surface area contributed by atoms with Crippen LogP contribution in [0.3, 0.4) is 0 Å². The lowest BCUT2D eigenvalue weighted by molar-refractivity contribution is -0.432. The summed E-state index contributed by atoms with van der Waals surface area (Å²) in [4.78, 5) is 21.4. The summed E-state index contributed by atoms with van der Waals surface area (Å²) < 4.78 is 4.06. The Morgan fingerprint density at radius 2 is 1.88 bits per heavy atom. The predicted octanol–water partition coefficient (Wildman–Crippen LogP) is 1.51. The molecule has 0 bridgehead atoms. The van der Waals surface area contributed by atoms with Crippen LogP contribution in [0.25, 0.3) is 0 Å². The quantitative estimate of drug-likeness (QED) is 0.407. The Balaban J connectivity index is 3.10. The molecular weight excluding hydrogens is 240 g/mol. The van der Waals surface area contributed by atoms with Crippen molar-refractivity contribution in [3.05, 3.63) is 29.3 Å². The third-order valence-corrected chi connectivity index (χ3v) is 2.26. The van der Waals surface area contributed by atoms with E-state index in [4.69, 9.17) is 15.5 Å². The van der Waals surface area contributed by atoms with Gasteiger partial charge in [0.15, 0.2) is 0 Å². The first-order valence-electron chi connectivity index (χ1n) is 3.81. The summed E-state index contributed by atoms with van der Waals surface area (Å²) in [5, 5.41) is 28.7. The summed E-state index contributed by atoms with van der Waals surface area (Å²) in [5.74, 6) is -2.45. The van der Waals surface area contributed by atoms with Crippen LogP contribution in [0.5, 0.6) is 0 Å². The first-order valence-corrected chi connectivity index (χ1v) is 4.56. The van der Waals surface area contributed by atoms with E-state index < -0.39 is 11.9 Å². The number of benzene rings is 1. The van der Waals surface area contributed by atoms with E-state index in [1.807, 2.05) is 0 Å². The molecule has 7 nitrogen and oxygen atoms in total. The topological polar surface area (TPSA) is 113 Å². The van der Waals surface area contributed by atoms with E-state index in [0.29, 0.717) is 12.0 Å². The van der Waals surface area contributed by atoms with Crippen molar-refractivity contribution in [3.8, 4) is 0 Å². The number of carboxylic acids is 2. The molecule has 0 unspecified atom stereocenters. The normalized spacial score (nSPS) is 10.1. The Morgan fingerprint density at radius 3 is 2.38 bits per heavy atom. The van der Waals surface area contributed by atoms with Crippen LogP contribution in [-0.2, 0) is 9.37 Å². The Labute approximate surface area is 93.3 Å².